The van der Waals surface area contributed by atoms with Crippen LogP contribution in [-0.4, -0.2) is 25.9 Å². The van der Waals surface area contributed by atoms with Gasteiger partial charge in [-0.25, -0.2) is 4.39 Å². The van der Waals surface area contributed by atoms with Gasteiger partial charge < -0.3 is 10.5 Å². The van der Waals surface area contributed by atoms with Gasteiger partial charge in [0.2, 0.25) is 0 Å². The fraction of sp³-hybridized carbons (Fsp3) is 1.00. The normalized spacial score (nSPS) is 28.8. The number of halogens is 1. The molecule has 0 amide bonds. The largest absolute Gasteiger partial charge is 0.381 e. The molecule has 2 N–H and O–H groups in total. The van der Waals surface area contributed by atoms with Crippen LogP contribution in [0.2, 0.25) is 0 Å². The summed E-state index contributed by atoms with van der Waals surface area (Å²) < 4.78 is 17.7. The standard InChI is InChI=1S/C7H14FNO/c8-7(4-9)3-6-1-2-10-5-6/h6-7H,1-5,9H2/t6-,7-/m0/s1. The van der Waals surface area contributed by atoms with E-state index in [0.29, 0.717) is 12.3 Å². The molecule has 60 valence electrons. The summed E-state index contributed by atoms with van der Waals surface area (Å²) in [6.45, 7) is 1.67. The Morgan fingerprint density at radius 2 is 2.50 bits per heavy atom. The molecule has 3 heteroatoms. The van der Waals surface area contributed by atoms with Crippen molar-refractivity contribution in [1.29, 1.82) is 0 Å². The molecule has 1 rings (SSSR count). The molecular formula is C7H14FNO. The first-order valence-electron chi connectivity index (χ1n) is 3.75. The molecule has 0 unspecified atom stereocenters. The maximum absolute atomic E-state index is 12.6. The molecule has 0 aromatic carbocycles. The predicted molar refractivity (Wildman–Crippen MR) is 37.5 cm³/mol. The fourth-order valence-corrected chi connectivity index (χ4v) is 1.23. The Kier molecular flexibility index (Phi) is 3.09. The number of rotatable bonds is 3. The van der Waals surface area contributed by atoms with Crippen LogP contribution in [0.5, 0.6) is 0 Å². The lowest BCUT2D eigenvalue weighted by atomic mass is 10.0. The van der Waals surface area contributed by atoms with Crippen molar-refractivity contribution in [2.75, 3.05) is 19.8 Å². The van der Waals surface area contributed by atoms with Crippen molar-refractivity contribution >= 4 is 0 Å². The van der Waals surface area contributed by atoms with Gasteiger partial charge in [-0.1, -0.05) is 0 Å². The molecule has 0 spiro atoms. The molecule has 2 atom stereocenters. The number of ether oxygens (including phenoxy) is 1. The molecule has 0 aromatic rings. The zero-order valence-electron chi connectivity index (χ0n) is 6.05. The third kappa shape index (κ3) is 2.23. The van der Waals surface area contributed by atoms with E-state index < -0.39 is 6.17 Å². The second-order valence-electron chi connectivity index (χ2n) is 2.80. The molecule has 0 aromatic heterocycles. The second kappa shape index (κ2) is 3.88. The van der Waals surface area contributed by atoms with E-state index >= 15 is 0 Å². The molecule has 1 aliphatic heterocycles. The van der Waals surface area contributed by atoms with Gasteiger partial charge in [0, 0.05) is 19.8 Å². The van der Waals surface area contributed by atoms with E-state index in [2.05, 4.69) is 0 Å². The molecule has 1 aliphatic rings. The maximum Gasteiger partial charge on any atom is 0.113 e. The van der Waals surface area contributed by atoms with E-state index in [1.807, 2.05) is 0 Å². The third-order valence-electron chi connectivity index (χ3n) is 1.87. The molecule has 10 heavy (non-hydrogen) atoms. The van der Waals surface area contributed by atoms with E-state index in [0.717, 1.165) is 19.6 Å². The van der Waals surface area contributed by atoms with Gasteiger partial charge in [0.25, 0.3) is 0 Å². The zero-order chi connectivity index (χ0) is 7.40. The highest BCUT2D eigenvalue weighted by Crippen LogP contribution is 2.18. The quantitative estimate of drug-likeness (QED) is 0.638. The van der Waals surface area contributed by atoms with Crippen LogP contribution < -0.4 is 5.73 Å². The third-order valence-corrected chi connectivity index (χ3v) is 1.87. The van der Waals surface area contributed by atoms with Crippen molar-refractivity contribution in [3.63, 3.8) is 0 Å². The number of hydrogen-bond acceptors (Lipinski definition) is 2. The summed E-state index contributed by atoms with van der Waals surface area (Å²) in [6, 6.07) is 0. The van der Waals surface area contributed by atoms with Crippen LogP contribution in [0.3, 0.4) is 0 Å². The average molecular weight is 147 g/mol. The second-order valence-corrected chi connectivity index (χ2v) is 2.80. The minimum Gasteiger partial charge on any atom is -0.381 e. The van der Waals surface area contributed by atoms with Crippen molar-refractivity contribution in [3.8, 4) is 0 Å². The van der Waals surface area contributed by atoms with Gasteiger partial charge in [-0.15, -0.1) is 0 Å². The summed E-state index contributed by atoms with van der Waals surface area (Å²) in [4.78, 5) is 0. The van der Waals surface area contributed by atoms with E-state index in [9.17, 15) is 4.39 Å². The van der Waals surface area contributed by atoms with Gasteiger partial charge in [0.05, 0.1) is 0 Å². The highest BCUT2D eigenvalue weighted by molar-refractivity contribution is 4.69. The lowest BCUT2D eigenvalue weighted by Crippen LogP contribution is -2.19. The number of nitrogens with two attached hydrogens (primary N) is 1. The Morgan fingerprint density at radius 3 is 3.00 bits per heavy atom. The number of alkyl halides is 1. The van der Waals surface area contributed by atoms with E-state index in [-0.39, 0.29) is 6.54 Å². The first-order valence-corrected chi connectivity index (χ1v) is 3.75. The molecule has 2 nitrogen and oxygen atoms in total. The Morgan fingerprint density at radius 1 is 1.70 bits per heavy atom. The molecule has 0 aliphatic carbocycles. The average Bonchev–Trinajstić information content (AvgIpc) is 2.40. The molecule has 1 saturated heterocycles. The zero-order valence-corrected chi connectivity index (χ0v) is 6.05. The van der Waals surface area contributed by atoms with Crippen LogP contribution in [0.1, 0.15) is 12.8 Å². The van der Waals surface area contributed by atoms with Crippen LogP contribution in [0.15, 0.2) is 0 Å². The molecule has 0 radical (unpaired) electrons. The topological polar surface area (TPSA) is 35.2 Å². The summed E-state index contributed by atoms with van der Waals surface area (Å²) in [5.41, 5.74) is 5.13. The Hall–Kier alpha value is -0.150. The lowest BCUT2D eigenvalue weighted by molar-refractivity contribution is 0.175. The van der Waals surface area contributed by atoms with E-state index in [1.54, 1.807) is 0 Å². The van der Waals surface area contributed by atoms with Gasteiger partial charge in [-0.05, 0) is 18.8 Å². The van der Waals surface area contributed by atoms with Crippen molar-refractivity contribution < 1.29 is 9.13 Å². The Balaban J connectivity index is 2.11. The summed E-state index contributed by atoms with van der Waals surface area (Å²) in [5, 5.41) is 0. The molecule has 0 saturated carbocycles. The summed E-state index contributed by atoms with van der Waals surface area (Å²) >= 11 is 0. The fourth-order valence-electron chi connectivity index (χ4n) is 1.23. The SMILES string of the molecule is NC[C@@H](F)C[C@@H]1CCOC1. The Labute approximate surface area is 60.5 Å². The van der Waals surface area contributed by atoms with Gasteiger partial charge in [-0.3, -0.25) is 0 Å². The minimum absolute atomic E-state index is 0.149. The molecule has 1 fully saturated rings. The summed E-state index contributed by atoms with van der Waals surface area (Å²) in [7, 11) is 0. The summed E-state index contributed by atoms with van der Waals surface area (Å²) in [6.07, 6.45) is 0.753. The Bertz CT molecular complexity index is 93.6. The van der Waals surface area contributed by atoms with E-state index in [1.165, 1.54) is 0 Å². The van der Waals surface area contributed by atoms with Gasteiger partial charge >= 0.3 is 0 Å². The van der Waals surface area contributed by atoms with Crippen molar-refractivity contribution in [2.24, 2.45) is 11.7 Å². The minimum atomic E-state index is -0.827. The lowest BCUT2D eigenvalue weighted by Gasteiger charge is -2.08. The molecular weight excluding hydrogens is 133 g/mol. The predicted octanol–water partition coefficient (Wildman–Crippen LogP) is 0.710. The van der Waals surface area contributed by atoms with Crippen LogP contribution in [0.25, 0.3) is 0 Å². The monoisotopic (exact) mass is 147 g/mol. The van der Waals surface area contributed by atoms with Crippen LogP contribution in [0.4, 0.5) is 4.39 Å². The highest BCUT2D eigenvalue weighted by Gasteiger charge is 2.19. The highest BCUT2D eigenvalue weighted by atomic mass is 19.1. The van der Waals surface area contributed by atoms with Gasteiger partial charge in [-0.2, -0.15) is 0 Å². The van der Waals surface area contributed by atoms with Gasteiger partial charge in [0.15, 0.2) is 0 Å². The maximum atomic E-state index is 12.6. The molecule has 0 bridgehead atoms. The number of hydrogen-bond donors (Lipinski definition) is 1. The van der Waals surface area contributed by atoms with Crippen molar-refractivity contribution in [2.45, 2.75) is 19.0 Å². The van der Waals surface area contributed by atoms with Crippen LogP contribution >= 0.6 is 0 Å². The van der Waals surface area contributed by atoms with Crippen LogP contribution in [0, 0.1) is 5.92 Å². The first kappa shape index (κ1) is 7.95. The first-order chi connectivity index (χ1) is 4.83. The van der Waals surface area contributed by atoms with E-state index in [4.69, 9.17) is 10.5 Å². The summed E-state index contributed by atoms with van der Waals surface area (Å²) in [5.74, 6) is 0.415. The van der Waals surface area contributed by atoms with Crippen molar-refractivity contribution in [3.05, 3.63) is 0 Å². The molecule has 1 heterocycles. The van der Waals surface area contributed by atoms with Gasteiger partial charge in [0.1, 0.15) is 6.17 Å². The smallest absolute Gasteiger partial charge is 0.113 e. The van der Waals surface area contributed by atoms with Crippen LogP contribution in [-0.2, 0) is 4.74 Å². The van der Waals surface area contributed by atoms with Crippen molar-refractivity contribution in [1.82, 2.24) is 0 Å².